The van der Waals surface area contributed by atoms with Gasteiger partial charge in [-0.15, -0.1) is 0 Å². The molecule has 0 heteroatoms. The molecule has 0 saturated heterocycles. The molecule has 0 heterocycles. The van der Waals surface area contributed by atoms with Gasteiger partial charge in [0.15, 0.2) is 0 Å². The van der Waals surface area contributed by atoms with Crippen LogP contribution in [0.4, 0.5) is 0 Å². The second-order valence-electron chi connectivity index (χ2n) is 13.2. The van der Waals surface area contributed by atoms with Gasteiger partial charge >= 0.3 is 0 Å². The lowest BCUT2D eigenvalue weighted by Gasteiger charge is -2.17. The maximum absolute atomic E-state index is 2.40. The van der Waals surface area contributed by atoms with E-state index in [1.807, 2.05) is 0 Å². The van der Waals surface area contributed by atoms with Crippen LogP contribution in [-0.2, 0) is 0 Å². The van der Waals surface area contributed by atoms with Gasteiger partial charge in [-0.25, -0.2) is 0 Å². The fraction of sp³-hybridized carbons (Fsp3) is 0. The highest BCUT2D eigenvalue weighted by molar-refractivity contribution is 6.40. The van der Waals surface area contributed by atoms with Gasteiger partial charge in [-0.2, -0.15) is 0 Å². The molecule has 0 aromatic heterocycles. The third-order valence-electron chi connectivity index (χ3n) is 10.7. The quantitative estimate of drug-likeness (QED) is 0.172. The van der Waals surface area contributed by atoms with E-state index in [-0.39, 0.29) is 0 Å². The molecule has 0 saturated carbocycles. The molecule has 11 rings (SSSR count). The first kappa shape index (κ1) is 25.9. The normalized spacial score (nSPS) is 13.7. The minimum absolute atomic E-state index is 1.26. The second-order valence-corrected chi connectivity index (χ2v) is 13.2. The van der Waals surface area contributed by atoms with Crippen molar-refractivity contribution in [3.05, 3.63) is 203 Å². The number of fused-ring (bicyclic) bond motifs is 12. The fourth-order valence-electron chi connectivity index (χ4n) is 8.70. The Morgan fingerprint density at radius 2 is 0.625 bits per heavy atom. The third-order valence-corrected chi connectivity index (χ3v) is 10.7. The Bertz CT molecular complexity index is 2930. The monoisotopic (exact) mass is 604 g/mol. The van der Waals surface area contributed by atoms with Gasteiger partial charge < -0.3 is 0 Å². The van der Waals surface area contributed by atoms with E-state index in [1.165, 1.54) is 110 Å². The van der Waals surface area contributed by atoms with Crippen molar-refractivity contribution in [3.8, 4) is 0 Å². The van der Waals surface area contributed by atoms with Gasteiger partial charge in [-0.3, -0.25) is 0 Å². The highest BCUT2D eigenvalue weighted by Gasteiger charge is 2.39. The van der Waals surface area contributed by atoms with Crippen LogP contribution in [0.25, 0.3) is 76.2 Å². The Labute approximate surface area is 278 Å². The summed E-state index contributed by atoms with van der Waals surface area (Å²) in [5.41, 5.74) is 13.3. The summed E-state index contributed by atoms with van der Waals surface area (Å²) < 4.78 is 0. The molecule has 2 aliphatic rings. The molecule has 0 nitrogen and oxygen atoms in total. The highest BCUT2D eigenvalue weighted by atomic mass is 14.4. The lowest BCUT2D eigenvalue weighted by molar-refractivity contribution is 1.59. The summed E-state index contributed by atoms with van der Waals surface area (Å²) in [7, 11) is 0. The maximum Gasteiger partial charge on any atom is -0.000695 e. The summed E-state index contributed by atoms with van der Waals surface area (Å²) in [6.07, 6.45) is 0. The van der Waals surface area contributed by atoms with Gasteiger partial charge in [0.1, 0.15) is 0 Å². The van der Waals surface area contributed by atoms with Crippen LogP contribution in [0.2, 0.25) is 0 Å². The molecule has 2 aliphatic carbocycles. The highest BCUT2D eigenvalue weighted by Crippen LogP contribution is 2.61. The lowest BCUT2D eigenvalue weighted by atomic mass is 9.85. The minimum Gasteiger partial charge on any atom is -0.0616 e. The van der Waals surface area contributed by atoms with Crippen molar-refractivity contribution in [2.75, 3.05) is 0 Å². The number of benzene rings is 9. The summed E-state index contributed by atoms with van der Waals surface area (Å²) in [5, 5.41) is 12.8. The predicted molar refractivity (Wildman–Crippen MR) is 205 cm³/mol. The first-order chi connectivity index (χ1) is 23.8. The van der Waals surface area contributed by atoms with Crippen LogP contribution < -0.4 is 0 Å². The van der Waals surface area contributed by atoms with E-state index in [0.29, 0.717) is 0 Å². The van der Waals surface area contributed by atoms with Crippen molar-refractivity contribution >= 4 is 76.2 Å². The van der Waals surface area contributed by atoms with Crippen molar-refractivity contribution in [3.63, 3.8) is 0 Å². The van der Waals surface area contributed by atoms with Crippen molar-refractivity contribution in [1.82, 2.24) is 0 Å². The smallest absolute Gasteiger partial charge is 0.000695 e. The zero-order chi connectivity index (χ0) is 31.3. The summed E-state index contributed by atoms with van der Waals surface area (Å²) >= 11 is 0. The summed E-state index contributed by atoms with van der Waals surface area (Å²) in [6.45, 7) is 0. The number of hydrogen-bond donors (Lipinski definition) is 0. The van der Waals surface area contributed by atoms with Crippen LogP contribution in [0.5, 0.6) is 0 Å². The van der Waals surface area contributed by atoms with E-state index in [0.717, 1.165) is 0 Å². The van der Waals surface area contributed by atoms with Gasteiger partial charge in [0.25, 0.3) is 0 Å². The van der Waals surface area contributed by atoms with Crippen LogP contribution in [0, 0.1) is 0 Å². The van der Waals surface area contributed by atoms with Gasteiger partial charge in [0.2, 0.25) is 0 Å². The van der Waals surface area contributed by atoms with E-state index in [2.05, 4.69) is 170 Å². The molecular weight excluding hydrogens is 577 g/mol. The summed E-state index contributed by atoms with van der Waals surface area (Å²) in [5.74, 6) is 0. The Morgan fingerprint density at radius 1 is 0.208 bits per heavy atom. The molecule has 0 atom stereocenters. The topological polar surface area (TPSA) is 0 Å². The van der Waals surface area contributed by atoms with Gasteiger partial charge in [-0.1, -0.05) is 158 Å². The SMILES string of the molecule is c1ccc2cc3c(C4=C5C(=C(c6cccc7ccccc67)c6c5ccc5ccccc65)c5ccc6ccccc6c54)cccc3cc2c1. The molecule has 48 heavy (non-hydrogen) atoms. The molecule has 0 aliphatic heterocycles. The van der Waals surface area contributed by atoms with Crippen molar-refractivity contribution in [2.45, 2.75) is 0 Å². The Hall–Kier alpha value is -6.24. The molecule has 0 N–H and O–H groups in total. The molecule has 0 amide bonds. The molecule has 220 valence electrons. The maximum atomic E-state index is 2.40. The molecular formula is C48H28. The van der Waals surface area contributed by atoms with Crippen LogP contribution in [0.1, 0.15) is 33.4 Å². The molecule has 0 unspecified atom stereocenters. The third kappa shape index (κ3) is 3.44. The molecule has 9 aromatic carbocycles. The fourth-order valence-corrected chi connectivity index (χ4v) is 8.70. The van der Waals surface area contributed by atoms with E-state index in [1.54, 1.807) is 0 Å². The van der Waals surface area contributed by atoms with Gasteiger partial charge in [0.05, 0.1) is 0 Å². The van der Waals surface area contributed by atoms with Gasteiger partial charge in [0, 0.05) is 0 Å². The predicted octanol–water partition coefficient (Wildman–Crippen LogP) is 12.7. The van der Waals surface area contributed by atoms with E-state index < -0.39 is 0 Å². The largest absolute Gasteiger partial charge is 0.0616 e. The van der Waals surface area contributed by atoms with E-state index in [9.17, 15) is 0 Å². The van der Waals surface area contributed by atoms with Crippen LogP contribution in [-0.4, -0.2) is 0 Å². The Kier molecular flexibility index (Phi) is 5.20. The number of hydrogen-bond acceptors (Lipinski definition) is 0. The van der Waals surface area contributed by atoms with Crippen molar-refractivity contribution in [2.24, 2.45) is 0 Å². The van der Waals surface area contributed by atoms with Gasteiger partial charge in [-0.05, 0) is 122 Å². The standard InChI is InChI=1S/C48H28/c1-2-15-33-28-42-34(27-32(33)14-1)17-10-22-39(42)46-44-37-20-8-5-13-31(37)24-26-41(44)47-45(38-21-9-16-29-11-3-6-18-35(29)38)43-36-19-7-4-12-30(36)23-25-40(43)48(46)47/h1-28H. The molecule has 9 aromatic rings. The average molecular weight is 605 g/mol. The van der Waals surface area contributed by atoms with Crippen LogP contribution in [0.3, 0.4) is 0 Å². The molecule has 0 spiro atoms. The molecule has 0 bridgehead atoms. The summed E-state index contributed by atoms with van der Waals surface area (Å²) in [4.78, 5) is 0. The molecule has 0 fully saturated rings. The average Bonchev–Trinajstić information content (AvgIpc) is 3.67. The van der Waals surface area contributed by atoms with E-state index >= 15 is 0 Å². The minimum atomic E-state index is 1.26. The van der Waals surface area contributed by atoms with Crippen LogP contribution in [0.15, 0.2) is 170 Å². The first-order valence-electron chi connectivity index (χ1n) is 16.8. The number of rotatable bonds is 2. The van der Waals surface area contributed by atoms with E-state index in [4.69, 9.17) is 0 Å². The second kappa shape index (κ2) is 9.64. The first-order valence-corrected chi connectivity index (χ1v) is 16.8. The zero-order valence-corrected chi connectivity index (χ0v) is 26.2. The van der Waals surface area contributed by atoms with Crippen LogP contribution >= 0.6 is 0 Å². The summed E-state index contributed by atoms with van der Waals surface area (Å²) in [6, 6.07) is 63.2. The number of allylic oxidation sites excluding steroid dienone is 2. The Morgan fingerprint density at radius 3 is 1.21 bits per heavy atom. The van der Waals surface area contributed by atoms with Crippen molar-refractivity contribution in [1.29, 1.82) is 0 Å². The Balaban J connectivity index is 1.38. The molecule has 0 radical (unpaired) electrons. The lowest BCUT2D eigenvalue weighted by Crippen LogP contribution is -1.96. The van der Waals surface area contributed by atoms with Crippen molar-refractivity contribution < 1.29 is 0 Å². The zero-order valence-electron chi connectivity index (χ0n) is 26.2.